The molecule has 2 rings (SSSR count). The van der Waals surface area contributed by atoms with E-state index in [9.17, 15) is 9.90 Å². The van der Waals surface area contributed by atoms with Crippen molar-refractivity contribution >= 4 is 5.91 Å². The second kappa shape index (κ2) is 8.50. The first-order chi connectivity index (χ1) is 11.2. The first-order valence-electron chi connectivity index (χ1n) is 7.95. The van der Waals surface area contributed by atoms with Crippen LogP contribution in [0.3, 0.4) is 0 Å². The number of aliphatic hydroxyl groups excluding tert-OH is 1. The molecule has 0 radical (unpaired) electrons. The highest BCUT2D eigenvalue weighted by Gasteiger charge is 2.26. The minimum absolute atomic E-state index is 0.120. The van der Waals surface area contributed by atoms with Crippen LogP contribution < -0.4 is 5.32 Å². The first kappa shape index (κ1) is 17.2. The quantitative estimate of drug-likeness (QED) is 0.785. The van der Waals surface area contributed by atoms with E-state index in [-0.39, 0.29) is 18.5 Å². The Morgan fingerprint density at radius 3 is 2.43 bits per heavy atom. The van der Waals surface area contributed by atoms with Crippen molar-refractivity contribution < 1.29 is 14.3 Å². The lowest BCUT2D eigenvalue weighted by atomic mass is 10.0. The van der Waals surface area contributed by atoms with Gasteiger partial charge in [0, 0.05) is 0 Å². The monoisotopic (exact) mass is 316 g/mol. The number of nitrogens with one attached hydrogen (secondary N) is 1. The van der Waals surface area contributed by atoms with E-state index in [4.69, 9.17) is 4.42 Å². The Morgan fingerprint density at radius 1 is 1.17 bits per heavy atom. The lowest BCUT2D eigenvalue weighted by Crippen LogP contribution is -2.41. The zero-order chi connectivity index (χ0) is 16.7. The molecular formula is C18H24N2O3. The van der Waals surface area contributed by atoms with E-state index in [0.717, 1.165) is 18.7 Å². The van der Waals surface area contributed by atoms with E-state index < -0.39 is 6.10 Å². The summed E-state index contributed by atoms with van der Waals surface area (Å²) in [5.74, 6) is 0.329. The summed E-state index contributed by atoms with van der Waals surface area (Å²) in [5.41, 5.74) is 0.946. The minimum Gasteiger partial charge on any atom is -0.467 e. The number of carbonyl (C=O) groups excluding carboxylic acids is 1. The lowest BCUT2D eigenvalue weighted by Gasteiger charge is -2.29. The third-order valence-corrected chi connectivity index (χ3v) is 3.88. The maximum atomic E-state index is 12.7. The van der Waals surface area contributed by atoms with Crippen molar-refractivity contribution in [3.8, 4) is 0 Å². The van der Waals surface area contributed by atoms with Gasteiger partial charge >= 0.3 is 0 Å². The van der Waals surface area contributed by atoms with Gasteiger partial charge in [-0.3, -0.25) is 9.69 Å². The average molecular weight is 316 g/mol. The van der Waals surface area contributed by atoms with Gasteiger partial charge in [-0.1, -0.05) is 44.2 Å². The molecule has 0 saturated carbocycles. The summed E-state index contributed by atoms with van der Waals surface area (Å²) < 4.78 is 5.15. The zero-order valence-corrected chi connectivity index (χ0v) is 13.6. The van der Waals surface area contributed by atoms with E-state index >= 15 is 0 Å². The van der Waals surface area contributed by atoms with Crippen LogP contribution in [-0.4, -0.2) is 35.5 Å². The number of amides is 1. The molecule has 2 N–H and O–H groups in total. The molecule has 2 aromatic rings. The highest BCUT2D eigenvalue weighted by molar-refractivity contribution is 5.83. The molecule has 2 unspecified atom stereocenters. The van der Waals surface area contributed by atoms with E-state index in [2.05, 4.69) is 10.2 Å². The molecule has 0 bridgehead atoms. The molecule has 1 aromatic heterocycles. The number of carbonyl (C=O) groups is 1. The number of hydrogen-bond donors (Lipinski definition) is 2. The van der Waals surface area contributed by atoms with Gasteiger partial charge in [0.2, 0.25) is 5.91 Å². The fraction of sp³-hybridized carbons (Fsp3) is 0.389. The van der Waals surface area contributed by atoms with Crippen molar-refractivity contribution in [1.29, 1.82) is 0 Å². The number of rotatable bonds is 8. The molecule has 1 amide bonds. The van der Waals surface area contributed by atoms with Crippen molar-refractivity contribution in [2.45, 2.75) is 26.0 Å². The molecule has 0 aliphatic heterocycles. The molecule has 0 aliphatic carbocycles. The summed E-state index contributed by atoms with van der Waals surface area (Å²) in [7, 11) is 0. The smallest absolute Gasteiger partial charge is 0.242 e. The van der Waals surface area contributed by atoms with E-state index in [0.29, 0.717) is 5.76 Å². The van der Waals surface area contributed by atoms with Gasteiger partial charge in [0.05, 0.1) is 12.8 Å². The van der Waals surface area contributed by atoms with Gasteiger partial charge in [0.15, 0.2) is 0 Å². The Morgan fingerprint density at radius 2 is 1.87 bits per heavy atom. The highest BCUT2D eigenvalue weighted by atomic mass is 16.4. The van der Waals surface area contributed by atoms with Gasteiger partial charge in [-0.05, 0) is 30.8 Å². The predicted molar refractivity (Wildman–Crippen MR) is 88.8 cm³/mol. The molecule has 124 valence electrons. The van der Waals surface area contributed by atoms with Gasteiger partial charge in [0.1, 0.15) is 17.9 Å². The highest BCUT2D eigenvalue weighted by Crippen LogP contribution is 2.21. The molecule has 5 nitrogen and oxygen atoms in total. The van der Waals surface area contributed by atoms with Gasteiger partial charge < -0.3 is 14.8 Å². The maximum Gasteiger partial charge on any atom is 0.242 e. The summed E-state index contributed by atoms with van der Waals surface area (Å²) in [5, 5.41) is 12.9. The summed E-state index contributed by atoms with van der Waals surface area (Å²) >= 11 is 0. The second-order valence-electron chi connectivity index (χ2n) is 5.31. The van der Waals surface area contributed by atoms with Crippen LogP contribution in [0.1, 0.15) is 37.3 Å². The van der Waals surface area contributed by atoms with Crippen molar-refractivity contribution in [2.24, 2.45) is 0 Å². The summed E-state index contributed by atoms with van der Waals surface area (Å²) in [6.07, 6.45) is 0.658. The summed E-state index contributed by atoms with van der Waals surface area (Å²) in [6, 6.07) is 12.7. The number of benzene rings is 1. The van der Waals surface area contributed by atoms with Crippen LogP contribution in [0.15, 0.2) is 53.1 Å². The SMILES string of the molecule is CCN(CC)C(C(=O)NCC(O)c1ccco1)c1ccccc1. The number of likely N-dealkylation sites (N-methyl/N-ethyl adjacent to an activating group) is 1. The third kappa shape index (κ3) is 4.43. The molecule has 0 aliphatic rings. The molecule has 1 aromatic carbocycles. The Kier molecular flexibility index (Phi) is 6.38. The summed E-state index contributed by atoms with van der Waals surface area (Å²) in [4.78, 5) is 14.8. The molecule has 23 heavy (non-hydrogen) atoms. The number of furan rings is 1. The van der Waals surface area contributed by atoms with Gasteiger partial charge in [-0.25, -0.2) is 0 Å². The topological polar surface area (TPSA) is 65.7 Å². The molecular weight excluding hydrogens is 292 g/mol. The van der Waals surface area contributed by atoms with Crippen LogP contribution in [0, 0.1) is 0 Å². The molecule has 0 fully saturated rings. The van der Waals surface area contributed by atoms with Crippen LogP contribution in [0.25, 0.3) is 0 Å². The van der Waals surface area contributed by atoms with Crippen molar-refractivity contribution in [3.05, 3.63) is 60.1 Å². The molecule has 0 spiro atoms. The minimum atomic E-state index is -0.845. The Balaban J connectivity index is 2.07. The van der Waals surface area contributed by atoms with Crippen LogP contribution in [0.4, 0.5) is 0 Å². The van der Waals surface area contributed by atoms with Crippen LogP contribution >= 0.6 is 0 Å². The number of hydrogen-bond acceptors (Lipinski definition) is 4. The Labute approximate surface area is 136 Å². The van der Waals surface area contributed by atoms with Crippen LogP contribution in [0.5, 0.6) is 0 Å². The summed E-state index contributed by atoms with van der Waals surface area (Å²) in [6.45, 7) is 5.72. The number of aliphatic hydroxyl groups is 1. The van der Waals surface area contributed by atoms with Crippen LogP contribution in [-0.2, 0) is 4.79 Å². The maximum absolute atomic E-state index is 12.7. The largest absolute Gasteiger partial charge is 0.467 e. The van der Waals surface area contributed by atoms with Crippen molar-refractivity contribution in [1.82, 2.24) is 10.2 Å². The molecule has 5 heteroatoms. The molecule has 0 saturated heterocycles. The van der Waals surface area contributed by atoms with Crippen LogP contribution in [0.2, 0.25) is 0 Å². The Bertz CT molecular complexity index is 580. The molecule has 1 heterocycles. The lowest BCUT2D eigenvalue weighted by molar-refractivity contribution is -0.127. The first-order valence-corrected chi connectivity index (χ1v) is 7.95. The molecule has 2 atom stereocenters. The standard InChI is InChI=1S/C18H24N2O3/c1-3-20(4-2)17(14-9-6-5-7-10-14)18(22)19-13-15(21)16-11-8-12-23-16/h5-12,15,17,21H,3-4,13H2,1-2H3,(H,19,22). The zero-order valence-electron chi connectivity index (χ0n) is 13.6. The normalized spacial score (nSPS) is 13.7. The van der Waals surface area contributed by atoms with Gasteiger partial charge in [-0.2, -0.15) is 0 Å². The van der Waals surface area contributed by atoms with Gasteiger partial charge in [0.25, 0.3) is 0 Å². The van der Waals surface area contributed by atoms with Crippen molar-refractivity contribution in [2.75, 3.05) is 19.6 Å². The Hall–Kier alpha value is -2.11. The van der Waals surface area contributed by atoms with E-state index in [1.807, 2.05) is 44.2 Å². The predicted octanol–water partition coefficient (Wildman–Crippen LogP) is 2.51. The van der Waals surface area contributed by atoms with Crippen molar-refractivity contribution in [3.63, 3.8) is 0 Å². The van der Waals surface area contributed by atoms with Gasteiger partial charge in [-0.15, -0.1) is 0 Å². The third-order valence-electron chi connectivity index (χ3n) is 3.88. The number of nitrogens with zero attached hydrogens (tertiary/aromatic N) is 1. The fourth-order valence-corrected chi connectivity index (χ4v) is 2.63. The van der Waals surface area contributed by atoms with E-state index in [1.165, 1.54) is 6.26 Å². The second-order valence-corrected chi connectivity index (χ2v) is 5.31. The fourth-order valence-electron chi connectivity index (χ4n) is 2.63. The average Bonchev–Trinajstić information content (AvgIpc) is 3.12. The van der Waals surface area contributed by atoms with E-state index in [1.54, 1.807) is 12.1 Å².